The number of nitrogens with two attached hydrogens (primary N) is 1. The summed E-state index contributed by atoms with van der Waals surface area (Å²) in [6.45, 7) is 0.771. The lowest BCUT2D eigenvalue weighted by Gasteiger charge is -2.06. The van der Waals surface area contributed by atoms with Crippen molar-refractivity contribution in [3.63, 3.8) is 0 Å². The Kier molecular flexibility index (Phi) is 5.02. The highest BCUT2D eigenvalue weighted by molar-refractivity contribution is 5.76. The number of benzene rings is 1. The van der Waals surface area contributed by atoms with Gasteiger partial charge in [0.15, 0.2) is 5.58 Å². The number of hydrogen-bond donors (Lipinski definition) is 2. The van der Waals surface area contributed by atoms with Crippen LogP contribution in [0.4, 0.5) is 10.4 Å². The highest BCUT2D eigenvalue weighted by Gasteiger charge is 2.07. The zero-order valence-electron chi connectivity index (χ0n) is 12.9. The van der Waals surface area contributed by atoms with E-state index in [4.69, 9.17) is 14.9 Å². The van der Waals surface area contributed by atoms with E-state index in [1.165, 1.54) is 0 Å². The van der Waals surface area contributed by atoms with E-state index in [9.17, 15) is 4.39 Å². The maximum Gasteiger partial charge on any atom is 0.295 e. The molecule has 0 unspecified atom stereocenters. The molecule has 2 aromatic heterocycles. The number of nitrogens with one attached hydrogen (secondary N) is 1. The lowest BCUT2D eigenvalue weighted by Crippen LogP contribution is -2.10. The van der Waals surface area contributed by atoms with Gasteiger partial charge >= 0.3 is 0 Å². The average molecular weight is 328 g/mol. The van der Waals surface area contributed by atoms with Crippen molar-refractivity contribution in [3.05, 3.63) is 60.2 Å². The quantitative estimate of drug-likeness (QED) is 0.693. The number of rotatable bonds is 7. The van der Waals surface area contributed by atoms with Crippen LogP contribution < -0.4 is 15.8 Å². The third-order valence-corrected chi connectivity index (χ3v) is 3.37. The van der Waals surface area contributed by atoms with Crippen molar-refractivity contribution in [2.45, 2.75) is 6.54 Å². The molecule has 24 heavy (non-hydrogen) atoms. The predicted octanol–water partition coefficient (Wildman–Crippen LogP) is 3.03. The number of oxazole rings is 1. The average Bonchev–Trinajstić information content (AvgIpc) is 3.04. The zero-order valence-corrected chi connectivity index (χ0v) is 12.9. The normalized spacial score (nSPS) is 11.7. The van der Waals surface area contributed by atoms with Crippen LogP contribution in [-0.4, -0.2) is 23.1 Å². The molecule has 0 saturated carbocycles. The third-order valence-electron chi connectivity index (χ3n) is 3.37. The predicted molar refractivity (Wildman–Crippen MR) is 89.3 cm³/mol. The topological polar surface area (TPSA) is 86.2 Å². The van der Waals surface area contributed by atoms with Crippen LogP contribution in [0, 0.1) is 0 Å². The first-order valence-corrected chi connectivity index (χ1v) is 7.43. The molecule has 3 aromatic rings. The van der Waals surface area contributed by atoms with Crippen molar-refractivity contribution in [3.8, 4) is 5.75 Å². The minimum atomic E-state index is 0.0960. The molecule has 7 heteroatoms. The second-order valence-electron chi connectivity index (χ2n) is 5.12. The Hall–Kier alpha value is -2.93. The van der Waals surface area contributed by atoms with E-state index in [1.807, 2.05) is 12.1 Å². The molecule has 1 aromatic carbocycles. The van der Waals surface area contributed by atoms with Gasteiger partial charge in [-0.15, -0.1) is 0 Å². The van der Waals surface area contributed by atoms with E-state index in [2.05, 4.69) is 15.3 Å². The SMILES string of the molecule is NC/C(=C\F)COc1ccc2nc(NCc3cccnc3)oc2c1. The molecule has 0 aliphatic rings. The molecule has 0 fully saturated rings. The zero-order chi connectivity index (χ0) is 16.8. The maximum atomic E-state index is 12.5. The minimum Gasteiger partial charge on any atom is -0.489 e. The van der Waals surface area contributed by atoms with Crippen molar-refractivity contribution < 1.29 is 13.5 Å². The van der Waals surface area contributed by atoms with Crippen molar-refractivity contribution >= 4 is 17.1 Å². The van der Waals surface area contributed by atoms with Gasteiger partial charge in [0.05, 0.1) is 6.33 Å². The number of fused-ring (bicyclic) bond motifs is 1. The van der Waals surface area contributed by atoms with E-state index in [0.29, 0.717) is 41.3 Å². The number of halogens is 1. The molecule has 3 rings (SSSR count). The minimum absolute atomic E-state index is 0.0960. The molecule has 2 heterocycles. The molecule has 3 N–H and O–H groups in total. The number of pyridine rings is 1. The molecule has 0 radical (unpaired) electrons. The van der Waals surface area contributed by atoms with Gasteiger partial charge in [0.25, 0.3) is 6.01 Å². The Morgan fingerprint density at radius 2 is 2.29 bits per heavy atom. The second kappa shape index (κ2) is 7.56. The van der Waals surface area contributed by atoms with Crippen LogP contribution in [0.15, 0.2) is 59.0 Å². The molecule has 0 saturated heterocycles. The summed E-state index contributed by atoms with van der Waals surface area (Å²) in [5.74, 6) is 0.560. The van der Waals surface area contributed by atoms with Crippen LogP contribution in [0.2, 0.25) is 0 Å². The van der Waals surface area contributed by atoms with Crippen LogP contribution in [0.3, 0.4) is 0 Å². The molecule has 0 amide bonds. The summed E-state index contributed by atoms with van der Waals surface area (Å²) in [5, 5.41) is 3.10. The van der Waals surface area contributed by atoms with Gasteiger partial charge < -0.3 is 20.2 Å². The molecular formula is C17H17FN4O2. The Balaban J connectivity index is 1.67. The number of anilines is 1. The smallest absolute Gasteiger partial charge is 0.295 e. The van der Waals surface area contributed by atoms with Gasteiger partial charge in [-0.25, -0.2) is 4.39 Å². The summed E-state index contributed by atoms with van der Waals surface area (Å²) in [5.41, 5.74) is 8.09. The molecule has 0 aliphatic carbocycles. The number of ether oxygens (including phenoxy) is 1. The summed E-state index contributed by atoms with van der Waals surface area (Å²) in [6, 6.07) is 9.49. The van der Waals surface area contributed by atoms with Gasteiger partial charge in [-0.2, -0.15) is 4.98 Å². The fraction of sp³-hybridized carbons (Fsp3) is 0.176. The highest BCUT2D eigenvalue weighted by atomic mass is 19.1. The van der Waals surface area contributed by atoms with Gasteiger partial charge in [0.1, 0.15) is 17.9 Å². The lowest BCUT2D eigenvalue weighted by atomic mass is 10.3. The Morgan fingerprint density at radius 1 is 1.38 bits per heavy atom. The molecule has 6 nitrogen and oxygen atoms in total. The number of nitrogens with zero attached hydrogens (tertiary/aromatic N) is 2. The summed E-state index contributed by atoms with van der Waals surface area (Å²) in [4.78, 5) is 8.40. The lowest BCUT2D eigenvalue weighted by molar-refractivity contribution is 0.347. The second-order valence-corrected chi connectivity index (χ2v) is 5.12. The first-order valence-electron chi connectivity index (χ1n) is 7.43. The van der Waals surface area contributed by atoms with Gasteiger partial charge in [-0.1, -0.05) is 6.07 Å². The largest absolute Gasteiger partial charge is 0.489 e. The van der Waals surface area contributed by atoms with Crippen LogP contribution in [0.5, 0.6) is 5.75 Å². The van der Waals surface area contributed by atoms with Crippen LogP contribution >= 0.6 is 0 Å². The highest BCUT2D eigenvalue weighted by Crippen LogP contribution is 2.24. The van der Waals surface area contributed by atoms with E-state index in [1.54, 1.807) is 30.6 Å². The summed E-state index contributed by atoms with van der Waals surface area (Å²) in [7, 11) is 0. The molecule has 0 atom stereocenters. The molecular weight excluding hydrogens is 311 g/mol. The summed E-state index contributed by atoms with van der Waals surface area (Å²) < 4.78 is 23.6. The Labute approximate surface area is 138 Å². The van der Waals surface area contributed by atoms with Gasteiger partial charge in [0, 0.05) is 37.1 Å². The van der Waals surface area contributed by atoms with Crippen LogP contribution in [-0.2, 0) is 6.54 Å². The van der Waals surface area contributed by atoms with E-state index >= 15 is 0 Å². The summed E-state index contributed by atoms with van der Waals surface area (Å²) >= 11 is 0. The number of hydrogen-bond acceptors (Lipinski definition) is 6. The molecule has 0 aliphatic heterocycles. The van der Waals surface area contributed by atoms with Crippen LogP contribution in [0.25, 0.3) is 11.1 Å². The third kappa shape index (κ3) is 3.88. The molecule has 0 bridgehead atoms. The molecule has 124 valence electrons. The van der Waals surface area contributed by atoms with Gasteiger partial charge in [0.2, 0.25) is 0 Å². The van der Waals surface area contributed by atoms with Gasteiger partial charge in [-0.3, -0.25) is 4.98 Å². The first-order chi connectivity index (χ1) is 11.8. The van der Waals surface area contributed by atoms with Crippen molar-refractivity contribution in [1.82, 2.24) is 9.97 Å². The fourth-order valence-corrected chi connectivity index (χ4v) is 2.06. The Bertz CT molecular complexity index is 833. The fourth-order valence-electron chi connectivity index (χ4n) is 2.06. The monoisotopic (exact) mass is 328 g/mol. The van der Waals surface area contributed by atoms with Gasteiger partial charge in [-0.05, 0) is 23.8 Å². The van der Waals surface area contributed by atoms with Crippen LogP contribution in [0.1, 0.15) is 5.56 Å². The van der Waals surface area contributed by atoms with E-state index in [-0.39, 0.29) is 13.2 Å². The summed E-state index contributed by atoms with van der Waals surface area (Å²) in [6.07, 6.45) is 3.96. The van der Waals surface area contributed by atoms with Crippen molar-refractivity contribution in [2.24, 2.45) is 5.73 Å². The van der Waals surface area contributed by atoms with Crippen molar-refractivity contribution in [1.29, 1.82) is 0 Å². The maximum absolute atomic E-state index is 12.5. The standard InChI is InChI=1S/C17H17FN4O2/c18-7-13(8-19)11-23-14-3-4-15-16(6-14)24-17(22-15)21-10-12-2-1-5-20-9-12/h1-7,9H,8,10-11,19H2,(H,21,22)/b13-7+. The van der Waals surface area contributed by atoms with Crippen molar-refractivity contribution in [2.75, 3.05) is 18.5 Å². The first kappa shape index (κ1) is 15.9. The Morgan fingerprint density at radius 3 is 3.04 bits per heavy atom. The van der Waals surface area contributed by atoms with E-state index in [0.717, 1.165) is 5.56 Å². The van der Waals surface area contributed by atoms with E-state index < -0.39 is 0 Å². The molecule has 0 spiro atoms. The number of aromatic nitrogens is 2.